The van der Waals surface area contributed by atoms with Gasteiger partial charge in [0.15, 0.2) is 11.5 Å². The summed E-state index contributed by atoms with van der Waals surface area (Å²) in [6.07, 6.45) is 1.11. The molecular formula is C13H14O5S. The third-order valence-electron chi connectivity index (χ3n) is 2.80. The van der Waals surface area contributed by atoms with Crippen molar-refractivity contribution in [2.75, 3.05) is 18.6 Å². The summed E-state index contributed by atoms with van der Waals surface area (Å²) in [5.74, 6) is 0.478. The Morgan fingerprint density at radius 3 is 2.74 bits per heavy atom. The molecule has 19 heavy (non-hydrogen) atoms. The highest BCUT2D eigenvalue weighted by Gasteiger charge is 2.21. The third-order valence-corrected chi connectivity index (χ3v) is 3.93. The molecule has 1 heterocycles. The van der Waals surface area contributed by atoms with E-state index in [0.29, 0.717) is 11.5 Å². The van der Waals surface area contributed by atoms with Crippen LogP contribution in [0.15, 0.2) is 18.2 Å². The maximum atomic E-state index is 11.4. The number of aliphatic carboxylic acids is 1. The zero-order valence-corrected chi connectivity index (χ0v) is 11.2. The van der Waals surface area contributed by atoms with Gasteiger partial charge >= 0.3 is 5.97 Å². The van der Waals surface area contributed by atoms with Gasteiger partial charge < -0.3 is 14.6 Å². The molecule has 1 aromatic rings. The van der Waals surface area contributed by atoms with Gasteiger partial charge in [0.1, 0.15) is 6.10 Å². The number of carboxylic acid groups (broad SMARTS) is 1. The third kappa shape index (κ3) is 3.20. The van der Waals surface area contributed by atoms with Gasteiger partial charge in [0, 0.05) is 11.3 Å². The number of ether oxygens (including phenoxy) is 2. The average Bonchev–Trinajstić information content (AvgIpc) is 2.91. The molecule has 1 aliphatic rings. The number of Topliss-reactive ketones (excluding diaryl/α,β-unsaturated/α-hetero) is 1. The van der Waals surface area contributed by atoms with E-state index in [1.54, 1.807) is 6.07 Å². The van der Waals surface area contributed by atoms with Crippen molar-refractivity contribution < 1.29 is 24.2 Å². The van der Waals surface area contributed by atoms with Gasteiger partial charge in [-0.05, 0) is 30.4 Å². The standard InChI is InChI=1S/C13H14O5S/c1-17-11-6-8(12(14)13(15)16)2-3-10(11)18-9-4-5-19-7-9/h2-3,6,9H,4-5,7H2,1H3,(H,15,16). The molecule has 102 valence electrons. The maximum absolute atomic E-state index is 11.4. The second-order valence-electron chi connectivity index (χ2n) is 4.10. The van der Waals surface area contributed by atoms with E-state index in [1.165, 1.54) is 19.2 Å². The van der Waals surface area contributed by atoms with Gasteiger partial charge in [0.05, 0.1) is 7.11 Å². The molecule has 5 nitrogen and oxygen atoms in total. The minimum Gasteiger partial charge on any atom is -0.493 e. The predicted octanol–water partition coefficient (Wildman–Crippen LogP) is 1.85. The van der Waals surface area contributed by atoms with Gasteiger partial charge in [-0.15, -0.1) is 0 Å². The highest BCUT2D eigenvalue weighted by molar-refractivity contribution is 7.99. The van der Waals surface area contributed by atoms with Crippen LogP contribution in [0.25, 0.3) is 0 Å². The van der Waals surface area contributed by atoms with Crippen LogP contribution in [0.2, 0.25) is 0 Å². The number of benzene rings is 1. The second-order valence-corrected chi connectivity index (χ2v) is 5.25. The van der Waals surface area contributed by atoms with Crippen molar-refractivity contribution in [1.82, 2.24) is 0 Å². The van der Waals surface area contributed by atoms with E-state index in [9.17, 15) is 9.59 Å². The fraction of sp³-hybridized carbons (Fsp3) is 0.385. The lowest BCUT2D eigenvalue weighted by Crippen LogP contribution is -2.16. The topological polar surface area (TPSA) is 72.8 Å². The molecule has 1 N–H and O–H groups in total. The Morgan fingerprint density at radius 2 is 2.16 bits per heavy atom. The van der Waals surface area contributed by atoms with Crippen LogP contribution < -0.4 is 9.47 Å². The molecular weight excluding hydrogens is 268 g/mol. The molecule has 0 saturated carbocycles. The van der Waals surface area contributed by atoms with E-state index in [2.05, 4.69) is 0 Å². The number of ketones is 1. The lowest BCUT2D eigenvalue weighted by Gasteiger charge is -2.15. The van der Waals surface area contributed by atoms with Gasteiger partial charge in [-0.1, -0.05) is 0 Å². The van der Waals surface area contributed by atoms with E-state index >= 15 is 0 Å². The quantitative estimate of drug-likeness (QED) is 0.656. The lowest BCUT2D eigenvalue weighted by molar-refractivity contribution is -0.131. The zero-order chi connectivity index (χ0) is 13.8. The Bertz CT molecular complexity index is 494. The van der Waals surface area contributed by atoms with Gasteiger partial charge in [0.2, 0.25) is 0 Å². The molecule has 1 atom stereocenters. The van der Waals surface area contributed by atoms with Crippen LogP contribution in [-0.2, 0) is 4.79 Å². The Hall–Kier alpha value is -1.69. The first-order valence-corrected chi connectivity index (χ1v) is 6.97. The number of thioether (sulfide) groups is 1. The Morgan fingerprint density at radius 1 is 1.37 bits per heavy atom. The van der Waals surface area contributed by atoms with Gasteiger partial charge in [-0.3, -0.25) is 4.79 Å². The average molecular weight is 282 g/mol. The molecule has 1 aliphatic heterocycles. The lowest BCUT2D eigenvalue weighted by atomic mass is 10.1. The molecule has 0 spiro atoms. The fourth-order valence-corrected chi connectivity index (χ4v) is 2.91. The zero-order valence-electron chi connectivity index (χ0n) is 10.4. The summed E-state index contributed by atoms with van der Waals surface area (Å²) in [5.41, 5.74) is 0.0810. The molecule has 0 bridgehead atoms. The van der Waals surface area contributed by atoms with Gasteiger partial charge in [0.25, 0.3) is 5.78 Å². The number of methoxy groups -OCH3 is 1. The van der Waals surface area contributed by atoms with E-state index in [-0.39, 0.29) is 11.7 Å². The highest BCUT2D eigenvalue weighted by atomic mass is 32.2. The molecule has 0 radical (unpaired) electrons. The van der Waals surface area contributed by atoms with Crippen LogP contribution in [0.3, 0.4) is 0 Å². The summed E-state index contributed by atoms with van der Waals surface area (Å²) in [4.78, 5) is 22.0. The molecule has 0 aromatic heterocycles. The number of carboxylic acids is 1. The van der Waals surface area contributed by atoms with E-state index in [4.69, 9.17) is 14.6 Å². The van der Waals surface area contributed by atoms with E-state index < -0.39 is 11.8 Å². The van der Waals surface area contributed by atoms with Gasteiger partial charge in [-0.25, -0.2) is 4.79 Å². The maximum Gasteiger partial charge on any atom is 0.377 e. The van der Waals surface area contributed by atoms with Crippen LogP contribution in [0.1, 0.15) is 16.8 Å². The molecule has 6 heteroatoms. The van der Waals surface area contributed by atoms with Crippen molar-refractivity contribution in [2.45, 2.75) is 12.5 Å². The summed E-state index contributed by atoms with van der Waals surface area (Å²) in [7, 11) is 1.46. The monoisotopic (exact) mass is 282 g/mol. The van der Waals surface area contributed by atoms with Crippen molar-refractivity contribution >= 4 is 23.5 Å². The fourth-order valence-electron chi connectivity index (χ4n) is 1.82. The Labute approximate surface area is 114 Å². The molecule has 2 rings (SSSR count). The van der Waals surface area contributed by atoms with Crippen LogP contribution in [0.5, 0.6) is 11.5 Å². The minimum atomic E-state index is -1.48. The highest BCUT2D eigenvalue weighted by Crippen LogP contribution is 2.31. The molecule has 0 aliphatic carbocycles. The van der Waals surface area contributed by atoms with Crippen LogP contribution in [0, 0.1) is 0 Å². The molecule has 0 amide bonds. The number of hydrogen-bond donors (Lipinski definition) is 1. The number of rotatable bonds is 5. The minimum absolute atomic E-state index is 0.0810. The van der Waals surface area contributed by atoms with Crippen molar-refractivity contribution in [1.29, 1.82) is 0 Å². The first kappa shape index (κ1) is 13.7. The second kappa shape index (κ2) is 5.97. The van der Waals surface area contributed by atoms with Crippen LogP contribution >= 0.6 is 11.8 Å². The predicted molar refractivity (Wildman–Crippen MR) is 71.3 cm³/mol. The van der Waals surface area contributed by atoms with E-state index in [0.717, 1.165) is 17.9 Å². The molecule has 1 saturated heterocycles. The van der Waals surface area contributed by atoms with Crippen molar-refractivity contribution in [2.24, 2.45) is 0 Å². The van der Waals surface area contributed by atoms with Crippen LogP contribution in [0.4, 0.5) is 0 Å². The molecule has 1 aromatic carbocycles. The molecule has 1 fully saturated rings. The number of carbonyl (C=O) groups is 2. The Balaban J connectivity index is 2.20. The van der Waals surface area contributed by atoms with Gasteiger partial charge in [-0.2, -0.15) is 11.8 Å². The van der Waals surface area contributed by atoms with Crippen molar-refractivity contribution in [3.63, 3.8) is 0 Å². The Kier molecular flexibility index (Phi) is 4.31. The number of hydrogen-bond acceptors (Lipinski definition) is 5. The summed E-state index contributed by atoms with van der Waals surface area (Å²) in [6, 6.07) is 4.42. The van der Waals surface area contributed by atoms with Crippen molar-refractivity contribution in [3.8, 4) is 11.5 Å². The molecule has 1 unspecified atom stereocenters. The van der Waals surface area contributed by atoms with E-state index in [1.807, 2.05) is 11.8 Å². The SMILES string of the molecule is COc1cc(C(=O)C(=O)O)ccc1OC1CCSC1. The first-order valence-electron chi connectivity index (χ1n) is 5.82. The summed E-state index contributed by atoms with van der Waals surface area (Å²) in [5, 5.41) is 8.67. The summed E-state index contributed by atoms with van der Waals surface area (Å²) in [6.45, 7) is 0. The van der Waals surface area contributed by atoms with Crippen LogP contribution in [-0.4, -0.2) is 41.6 Å². The van der Waals surface area contributed by atoms with Crippen molar-refractivity contribution in [3.05, 3.63) is 23.8 Å². The summed E-state index contributed by atoms with van der Waals surface area (Å²) < 4.78 is 10.9. The first-order chi connectivity index (χ1) is 9.11. The smallest absolute Gasteiger partial charge is 0.377 e. The number of carbonyl (C=O) groups excluding carboxylic acids is 1. The normalized spacial score (nSPS) is 18.1. The summed E-state index contributed by atoms with van der Waals surface area (Å²) >= 11 is 1.83. The largest absolute Gasteiger partial charge is 0.493 e.